The number of benzene rings is 1. The number of nitrogens with zero attached hydrogens (tertiary/aromatic N) is 1. The third kappa shape index (κ3) is 4.18. The lowest BCUT2D eigenvalue weighted by Crippen LogP contribution is -2.45. The topological polar surface area (TPSA) is 87.7 Å². The van der Waals surface area contributed by atoms with Gasteiger partial charge in [0.2, 0.25) is 5.91 Å². The number of imide groups is 1. The van der Waals surface area contributed by atoms with E-state index in [1.54, 1.807) is 14.0 Å². The van der Waals surface area contributed by atoms with Crippen molar-refractivity contribution in [1.82, 2.24) is 15.5 Å². The Labute approximate surface area is 163 Å². The van der Waals surface area contributed by atoms with Crippen LogP contribution in [0, 0.1) is 0 Å². The summed E-state index contributed by atoms with van der Waals surface area (Å²) in [5, 5.41) is 5.44. The second-order valence-corrected chi connectivity index (χ2v) is 7.72. The van der Waals surface area contributed by atoms with Crippen molar-refractivity contribution in [2.45, 2.75) is 44.1 Å². The number of hydrogen-bond donors (Lipinski definition) is 2. The fraction of sp³-hybridized carbons (Fsp3) is 0.526. The van der Waals surface area contributed by atoms with Crippen LogP contribution < -0.4 is 15.4 Å². The predicted molar refractivity (Wildman–Crippen MR) is 101 cm³/mol. The van der Waals surface area contributed by atoms with E-state index in [2.05, 4.69) is 10.6 Å². The Morgan fingerprint density at radius 2 is 2.04 bits per heavy atom. The van der Waals surface area contributed by atoms with Crippen LogP contribution in [0.5, 0.6) is 5.75 Å². The van der Waals surface area contributed by atoms with E-state index in [9.17, 15) is 14.4 Å². The molecule has 4 amide bonds. The SMILES string of the molecule is COc1cc(Cl)ccc1C1CCN(C(=O)CCC2(C)NC(=O)NC2=O)CC1. The van der Waals surface area contributed by atoms with Crippen LogP contribution in [-0.4, -0.2) is 48.5 Å². The molecule has 3 rings (SSSR count). The van der Waals surface area contributed by atoms with Crippen molar-refractivity contribution in [1.29, 1.82) is 0 Å². The molecule has 0 aromatic heterocycles. The molecule has 2 fully saturated rings. The van der Waals surface area contributed by atoms with E-state index in [0.717, 1.165) is 24.2 Å². The summed E-state index contributed by atoms with van der Waals surface area (Å²) in [5.74, 6) is 0.724. The van der Waals surface area contributed by atoms with Crippen LogP contribution in [0.4, 0.5) is 4.79 Å². The number of hydrogen-bond acceptors (Lipinski definition) is 4. The Morgan fingerprint density at radius 1 is 1.33 bits per heavy atom. The van der Waals surface area contributed by atoms with Crippen molar-refractivity contribution >= 4 is 29.4 Å². The number of carbonyl (C=O) groups excluding carboxylic acids is 3. The molecule has 1 aromatic carbocycles. The highest BCUT2D eigenvalue weighted by molar-refractivity contribution is 6.30. The van der Waals surface area contributed by atoms with Crippen LogP contribution in [0.25, 0.3) is 0 Å². The van der Waals surface area contributed by atoms with Gasteiger partial charge in [0.15, 0.2) is 0 Å². The number of rotatable bonds is 5. The highest BCUT2D eigenvalue weighted by Crippen LogP contribution is 2.36. The predicted octanol–water partition coefficient (Wildman–Crippen LogP) is 2.43. The number of urea groups is 1. The van der Waals surface area contributed by atoms with Crippen LogP contribution in [0.2, 0.25) is 5.02 Å². The van der Waals surface area contributed by atoms with E-state index >= 15 is 0 Å². The molecule has 0 aliphatic carbocycles. The van der Waals surface area contributed by atoms with Crippen LogP contribution >= 0.6 is 11.6 Å². The smallest absolute Gasteiger partial charge is 0.322 e. The van der Waals surface area contributed by atoms with Gasteiger partial charge >= 0.3 is 6.03 Å². The van der Waals surface area contributed by atoms with Crippen molar-refractivity contribution < 1.29 is 19.1 Å². The van der Waals surface area contributed by atoms with Gasteiger partial charge in [-0.15, -0.1) is 0 Å². The normalized spacial score (nSPS) is 23.1. The zero-order valence-electron chi connectivity index (χ0n) is 15.5. The molecule has 146 valence electrons. The van der Waals surface area contributed by atoms with Gasteiger partial charge in [0.25, 0.3) is 5.91 Å². The van der Waals surface area contributed by atoms with E-state index in [1.807, 2.05) is 23.1 Å². The highest BCUT2D eigenvalue weighted by atomic mass is 35.5. The third-order valence-electron chi connectivity index (χ3n) is 5.44. The van der Waals surface area contributed by atoms with Crippen LogP contribution in [-0.2, 0) is 9.59 Å². The molecule has 1 atom stereocenters. The van der Waals surface area contributed by atoms with Crippen molar-refractivity contribution in [3.8, 4) is 5.75 Å². The number of piperidine rings is 1. The molecule has 7 nitrogen and oxygen atoms in total. The Kier molecular flexibility index (Phi) is 5.60. The number of amides is 4. The minimum Gasteiger partial charge on any atom is -0.496 e. The maximum Gasteiger partial charge on any atom is 0.322 e. The number of methoxy groups -OCH3 is 1. The molecule has 2 saturated heterocycles. The molecule has 2 heterocycles. The summed E-state index contributed by atoms with van der Waals surface area (Å²) in [6, 6.07) is 5.16. The summed E-state index contributed by atoms with van der Waals surface area (Å²) < 4.78 is 5.44. The lowest BCUT2D eigenvalue weighted by Gasteiger charge is -2.33. The van der Waals surface area contributed by atoms with Crippen LogP contribution in [0.15, 0.2) is 18.2 Å². The van der Waals surface area contributed by atoms with E-state index in [-0.39, 0.29) is 24.7 Å². The van der Waals surface area contributed by atoms with Gasteiger partial charge in [-0.05, 0) is 49.8 Å². The number of nitrogens with one attached hydrogen (secondary N) is 2. The average Bonchev–Trinajstić information content (AvgIpc) is 2.91. The molecular weight excluding hydrogens is 370 g/mol. The van der Waals surface area contributed by atoms with E-state index in [4.69, 9.17) is 16.3 Å². The van der Waals surface area contributed by atoms with Crippen LogP contribution in [0.1, 0.15) is 44.1 Å². The molecule has 2 N–H and O–H groups in total. The zero-order chi connectivity index (χ0) is 19.6. The number of halogens is 1. The van der Waals surface area contributed by atoms with Crippen molar-refractivity contribution in [3.63, 3.8) is 0 Å². The monoisotopic (exact) mass is 393 g/mol. The van der Waals surface area contributed by atoms with Crippen molar-refractivity contribution in [3.05, 3.63) is 28.8 Å². The Balaban J connectivity index is 1.54. The summed E-state index contributed by atoms with van der Waals surface area (Å²) in [5.41, 5.74) is 0.105. The molecule has 0 saturated carbocycles. The van der Waals surface area contributed by atoms with Gasteiger partial charge in [-0.3, -0.25) is 14.9 Å². The molecule has 8 heteroatoms. The fourth-order valence-electron chi connectivity index (χ4n) is 3.73. The lowest BCUT2D eigenvalue weighted by molar-refractivity contribution is -0.133. The van der Waals surface area contributed by atoms with Gasteiger partial charge in [-0.25, -0.2) is 4.79 Å². The minimum absolute atomic E-state index is 0.00620. The van der Waals surface area contributed by atoms with Gasteiger partial charge in [-0.1, -0.05) is 17.7 Å². The molecule has 1 unspecified atom stereocenters. The Morgan fingerprint density at radius 3 is 2.63 bits per heavy atom. The van der Waals surface area contributed by atoms with Gasteiger partial charge in [-0.2, -0.15) is 0 Å². The maximum absolute atomic E-state index is 12.5. The third-order valence-corrected chi connectivity index (χ3v) is 5.67. The van der Waals surface area contributed by atoms with Gasteiger partial charge in [0.1, 0.15) is 11.3 Å². The largest absolute Gasteiger partial charge is 0.496 e. The van der Waals surface area contributed by atoms with Gasteiger partial charge in [0, 0.05) is 24.5 Å². The quantitative estimate of drug-likeness (QED) is 0.752. The first-order chi connectivity index (χ1) is 12.8. The molecule has 0 spiro atoms. The first-order valence-corrected chi connectivity index (χ1v) is 9.45. The molecular formula is C19H24ClN3O4. The van der Waals surface area contributed by atoms with E-state index < -0.39 is 11.6 Å². The van der Waals surface area contributed by atoms with E-state index in [0.29, 0.717) is 24.0 Å². The number of likely N-dealkylation sites (tertiary alicyclic amines) is 1. The Hall–Kier alpha value is -2.28. The maximum atomic E-state index is 12.5. The van der Waals surface area contributed by atoms with E-state index in [1.165, 1.54) is 0 Å². The van der Waals surface area contributed by atoms with Crippen LogP contribution in [0.3, 0.4) is 0 Å². The molecule has 2 aliphatic heterocycles. The first-order valence-electron chi connectivity index (χ1n) is 9.07. The molecule has 1 aromatic rings. The fourth-order valence-corrected chi connectivity index (χ4v) is 3.89. The summed E-state index contributed by atoms with van der Waals surface area (Å²) in [4.78, 5) is 37.5. The van der Waals surface area contributed by atoms with Gasteiger partial charge < -0.3 is 15.0 Å². The summed E-state index contributed by atoms with van der Waals surface area (Å²) in [6.07, 6.45) is 2.20. The molecule has 0 radical (unpaired) electrons. The second kappa shape index (κ2) is 7.76. The number of ether oxygens (including phenoxy) is 1. The molecule has 27 heavy (non-hydrogen) atoms. The number of carbonyl (C=O) groups is 3. The standard InChI is InChI=1S/C19H24ClN3O4/c1-19(17(25)21-18(26)22-19)8-5-16(24)23-9-6-12(7-10-23)14-4-3-13(20)11-15(14)27-2/h3-4,11-12H,5-10H2,1-2H3,(H2,21,22,25,26). The first kappa shape index (κ1) is 19.5. The summed E-state index contributed by atoms with van der Waals surface area (Å²) in [7, 11) is 1.63. The lowest BCUT2D eigenvalue weighted by atomic mass is 9.88. The molecule has 0 bridgehead atoms. The average molecular weight is 394 g/mol. The molecule has 2 aliphatic rings. The summed E-state index contributed by atoms with van der Waals surface area (Å²) >= 11 is 6.03. The minimum atomic E-state index is -1.01. The van der Waals surface area contributed by atoms with Crippen molar-refractivity contribution in [2.75, 3.05) is 20.2 Å². The zero-order valence-corrected chi connectivity index (χ0v) is 16.3. The van der Waals surface area contributed by atoms with Crippen molar-refractivity contribution in [2.24, 2.45) is 0 Å². The second-order valence-electron chi connectivity index (χ2n) is 7.28. The van der Waals surface area contributed by atoms with Gasteiger partial charge in [0.05, 0.1) is 7.11 Å². The highest BCUT2D eigenvalue weighted by Gasteiger charge is 2.42. The summed E-state index contributed by atoms with van der Waals surface area (Å²) in [6.45, 7) is 2.95. The Bertz CT molecular complexity index is 761.